The molecule has 0 spiro atoms. The largest absolute Gasteiger partial charge is 0.442 e. The van der Waals surface area contributed by atoms with Gasteiger partial charge in [0.2, 0.25) is 0 Å². The monoisotopic (exact) mass is 397 g/mol. The van der Waals surface area contributed by atoms with Crippen molar-refractivity contribution in [3.63, 3.8) is 0 Å². The fourth-order valence-corrected chi connectivity index (χ4v) is 3.00. The molecule has 0 bridgehead atoms. The Morgan fingerprint density at radius 3 is 2.68 bits per heavy atom. The van der Waals surface area contributed by atoms with E-state index in [2.05, 4.69) is 10.5 Å². The molecule has 1 unspecified atom stereocenters. The van der Waals surface area contributed by atoms with Gasteiger partial charge in [-0.05, 0) is 36.4 Å². The number of carbonyl (C=O) groups excluding carboxylic acids is 2. The molecule has 4 rings (SSSR count). The first kappa shape index (κ1) is 18.1. The summed E-state index contributed by atoms with van der Waals surface area (Å²) in [6.07, 6.45) is -0.879. The van der Waals surface area contributed by atoms with Crippen LogP contribution in [-0.4, -0.2) is 36.4 Å². The molecular weight excluding hydrogens is 382 g/mol. The number of carbonyl (C=O) groups is 2. The number of nitrogens with one attached hydrogen (secondary N) is 1. The number of hydrogen-bond acceptors (Lipinski definition) is 5. The maximum absolute atomic E-state index is 12.3. The SMILES string of the molecule is O=C(NCC1CN(c2ccccc2)C(=O)O1)c1cc(-c2ccc(Cl)cc2)on1. The molecule has 1 saturated heterocycles. The lowest BCUT2D eigenvalue weighted by Gasteiger charge is -2.12. The average Bonchev–Trinajstić information content (AvgIpc) is 3.34. The Labute approximate surface area is 165 Å². The van der Waals surface area contributed by atoms with Crippen molar-refractivity contribution >= 4 is 29.3 Å². The molecule has 8 heteroatoms. The van der Waals surface area contributed by atoms with E-state index < -0.39 is 18.1 Å². The Balaban J connectivity index is 1.35. The number of halogens is 1. The number of benzene rings is 2. The molecule has 1 aromatic heterocycles. The van der Waals surface area contributed by atoms with Crippen LogP contribution in [0.2, 0.25) is 5.02 Å². The molecule has 1 atom stereocenters. The minimum absolute atomic E-state index is 0.147. The van der Waals surface area contributed by atoms with Gasteiger partial charge in [0.05, 0.1) is 13.1 Å². The number of rotatable bonds is 5. The summed E-state index contributed by atoms with van der Waals surface area (Å²) in [5.74, 6) is 0.0579. The van der Waals surface area contributed by atoms with Gasteiger partial charge in [-0.1, -0.05) is 35.0 Å². The van der Waals surface area contributed by atoms with E-state index in [-0.39, 0.29) is 12.2 Å². The van der Waals surface area contributed by atoms with Crippen LogP contribution in [0.15, 0.2) is 65.2 Å². The van der Waals surface area contributed by atoms with Gasteiger partial charge in [-0.2, -0.15) is 0 Å². The van der Waals surface area contributed by atoms with Crippen LogP contribution < -0.4 is 10.2 Å². The lowest BCUT2D eigenvalue weighted by atomic mass is 10.1. The molecule has 2 heterocycles. The molecule has 0 saturated carbocycles. The van der Waals surface area contributed by atoms with Crippen molar-refractivity contribution in [2.75, 3.05) is 18.0 Å². The molecule has 1 N–H and O–H groups in total. The Hall–Kier alpha value is -3.32. The van der Waals surface area contributed by atoms with Crippen molar-refractivity contribution in [3.8, 4) is 11.3 Å². The van der Waals surface area contributed by atoms with E-state index in [1.54, 1.807) is 30.3 Å². The fourth-order valence-electron chi connectivity index (χ4n) is 2.88. The first-order valence-electron chi connectivity index (χ1n) is 8.64. The van der Waals surface area contributed by atoms with Crippen molar-refractivity contribution in [1.29, 1.82) is 0 Å². The smallest absolute Gasteiger partial charge is 0.414 e. The van der Waals surface area contributed by atoms with Crippen LogP contribution >= 0.6 is 11.6 Å². The van der Waals surface area contributed by atoms with Gasteiger partial charge in [0.1, 0.15) is 6.10 Å². The van der Waals surface area contributed by atoms with Crippen LogP contribution in [0.1, 0.15) is 10.5 Å². The predicted octanol–water partition coefficient (Wildman–Crippen LogP) is 3.75. The van der Waals surface area contributed by atoms with Gasteiger partial charge in [-0.3, -0.25) is 9.69 Å². The van der Waals surface area contributed by atoms with Crippen LogP contribution in [0.25, 0.3) is 11.3 Å². The van der Waals surface area contributed by atoms with E-state index >= 15 is 0 Å². The van der Waals surface area contributed by atoms with Crippen LogP contribution in [0.5, 0.6) is 0 Å². The third kappa shape index (κ3) is 3.84. The third-order valence-corrected chi connectivity index (χ3v) is 4.56. The summed E-state index contributed by atoms with van der Waals surface area (Å²) < 4.78 is 10.5. The fraction of sp³-hybridized carbons (Fsp3) is 0.150. The number of ether oxygens (including phenoxy) is 1. The topological polar surface area (TPSA) is 84.7 Å². The molecule has 0 radical (unpaired) electrons. The van der Waals surface area contributed by atoms with Crippen LogP contribution in [0, 0.1) is 0 Å². The molecule has 28 heavy (non-hydrogen) atoms. The maximum Gasteiger partial charge on any atom is 0.414 e. The molecule has 1 fully saturated rings. The summed E-state index contributed by atoms with van der Waals surface area (Å²) >= 11 is 5.87. The number of cyclic esters (lactones) is 1. The average molecular weight is 398 g/mol. The number of amides is 2. The minimum atomic E-state index is -0.445. The Morgan fingerprint density at radius 2 is 1.93 bits per heavy atom. The molecule has 1 aliphatic rings. The summed E-state index contributed by atoms with van der Waals surface area (Å²) in [5.41, 5.74) is 1.67. The van der Waals surface area contributed by atoms with E-state index in [9.17, 15) is 9.59 Å². The van der Waals surface area contributed by atoms with Crippen LogP contribution in [0.3, 0.4) is 0 Å². The summed E-state index contributed by atoms with van der Waals surface area (Å²) in [4.78, 5) is 25.9. The van der Waals surface area contributed by atoms with Gasteiger partial charge in [0, 0.05) is 22.3 Å². The van der Waals surface area contributed by atoms with Crippen molar-refractivity contribution in [3.05, 3.63) is 71.4 Å². The van der Waals surface area contributed by atoms with Crippen LogP contribution in [0.4, 0.5) is 10.5 Å². The summed E-state index contributed by atoms with van der Waals surface area (Å²) in [6.45, 7) is 0.537. The molecule has 2 amide bonds. The first-order chi connectivity index (χ1) is 13.6. The van der Waals surface area contributed by atoms with Gasteiger partial charge in [0.15, 0.2) is 11.5 Å². The molecular formula is C20H16ClN3O4. The first-order valence-corrected chi connectivity index (χ1v) is 9.02. The highest BCUT2D eigenvalue weighted by molar-refractivity contribution is 6.30. The standard InChI is InChI=1S/C20H16ClN3O4/c21-14-8-6-13(7-9-14)18-10-17(23-28-18)19(25)22-11-16-12-24(20(26)27-16)15-4-2-1-3-5-15/h1-10,16H,11-12H2,(H,22,25). The van der Waals surface area contributed by atoms with E-state index in [4.69, 9.17) is 20.9 Å². The van der Waals surface area contributed by atoms with Crippen molar-refractivity contribution < 1.29 is 18.8 Å². The zero-order valence-electron chi connectivity index (χ0n) is 14.7. The third-order valence-electron chi connectivity index (χ3n) is 4.30. The Kier molecular flexibility index (Phi) is 4.99. The number of aromatic nitrogens is 1. The zero-order valence-corrected chi connectivity index (χ0v) is 15.4. The maximum atomic E-state index is 12.3. The molecule has 7 nitrogen and oxygen atoms in total. The van der Waals surface area contributed by atoms with Gasteiger partial charge < -0.3 is 14.6 Å². The molecule has 2 aromatic carbocycles. The summed E-state index contributed by atoms with van der Waals surface area (Å²) in [6, 6.07) is 17.8. The van der Waals surface area contributed by atoms with Crippen molar-refractivity contribution in [1.82, 2.24) is 10.5 Å². The predicted molar refractivity (Wildman–Crippen MR) is 103 cm³/mol. The van der Waals surface area contributed by atoms with Gasteiger partial charge >= 0.3 is 6.09 Å². The van der Waals surface area contributed by atoms with Crippen molar-refractivity contribution in [2.24, 2.45) is 0 Å². The number of nitrogens with zero attached hydrogens (tertiary/aromatic N) is 2. The normalized spacial score (nSPS) is 16.1. The lowest BCUT2D eigenvalue weighted by molar-refractivity contribution is 0.0907. The minimum Gasteiger partial charge on any atom is -0.442 e. The summed E-state index contributed by atoms with van der Waals surface area (Å²) in [7, 11) is 0. The highest BCUT2D eigenvalue weighted by Crippen LogP contribution is 2.23. The highest BCUT2D eigenvalue weighted by atomic mass is 35.5. The highest BCUT2D eigenvalue weighted by Gasteiger charge is 2.32. The van der Waals surface area contributed by atoms with E-state index in [0.717, 1.165) is 11.3 Å². The number of anilines is 1. The second-order valence-corrected chi connectivity index (χ2v) is 6.68. The number of para-hydroxylation sites is 1. The molecule has 1 aliphatic heterocycles. The van der Waals surface area contributed by atoms with Crippen molar-refractivity contribution in [2.45, 2.75) is 6.10 Å². The Bertz CT molecular complexity index is 988. The second kappa shape index (κ2) is 7.74. The van der Waals surface area contributed by atoms with E-state index in [0.29, 0.717) is 17.3 Å². The molecule has 142 valence electrons. The second-order valence-electron chi connectivity index (χ2n) is 6.25. The number of hydrogen-bond donors (Lipinski definition) is 1. The van der Waals surface area contributed by atoms with Gasteiger partial charge in [0.25, 0.3) is 5.91 Å². The Morgan fingerprint density at radius 1 is 1.18 bits per heavy atom. The molecule has 3 aromatic rings. The summed E-state index contributed by atoms with van der Waals surface area (Å²) in [5, 5.41) is 7.13. The lowest BCUT2D eigenvalue weighted by Crippen LogP contribution is -2.34. The quantitative estimate of drug-likeness (QED) is 0.708. The van der Waals surface area contributed by atoms with Crippen LogP contribution in [-0.2, 0) is 4.74 Å². The van der Waals surface area contributed by atoms with E-state index in [1.807, 2.05) is 30.3 Å². The molecule has 0 aliphatic carbocycles. The van der Waals surface area contributed by atoms with E-state index in [1.165, 1.54) is 4.90 Å². The van der Waals surface area contributed by atoms with Gasteiger partial charge in [-0.25, -0.2) is 4.79 Å². The van der Waals surface area contributed by atoms with Gasteiger partial charge in [-0.15, -0.1) is 0 Å². The zero-order chi connectivity index (χ0) is 19.5.